The Morgan fingerprint density at radius 2 is 2.11 bits per heavy atom. The average Bonchev–Trinajstić information content (AvgIpc) is 2.62. The van der Waals surface area contributed by atoms with E-state index in [1.807, 2.05) is 6.92 Å². The zero-order valence-electron chi connectivity index (χ0n) is 11.7. The summed E-state index contributed by atoms with van der Waals surface area (Å²) < 4.78 is 7.82. The molecular formula is C16H19NO2. The van der Waals surface area contributed by atoms with E-state index in [2.05, 4.69) is 35.9 Å². The van der Waals surface area contributed by atoms with Crippen LogP contribution in [0, 0.1) is 0 Å². The molecule has 100 valence electrons. The van der Waals surface area contributed by atoms with E-state index in [1.54, 1.807) is 0 Å². The third-order valence-corrected chi connectivity index (χ3v) is 4.18. The number of fused-ring (bicyclic) bond motifs is 3. The van der Waals surface area contributed by atoms with E-state index in [0.717, 1.165) is 19.3 Å². The molecule has 3 heteroatoms. The number of hydrogen-bond acceptors (Lipinski definition) is 2. The van der Waals surface area contributed by atoms with Gasteiger partial charge in [0.25, 0.3) is 0 Å². The van der Waals surface area contributed by atoms with Crippen LogP contribution < -0.4 is 0 Å². The zero-order chi connectivity index (χ0) is 13.6. The Morgan fingerprint density at radius 1 is 1.37 bits per heavy atom. The van der Waals surface area contributed by atoms with E-state index in [0.29, 0.717) is 0 Å². The van der Waals surface area contributed by atoms with Crippen molar-refractivity contribution in [1.82, 2.24) is 4.57 Å². The van der Waals surface area contributed by atoms with E-state index in [4.69, 9.17) is 4.74 Å². The van der Waals surface area contributed by atoms with E-state index < -0.39 is 0 Å². The first-order valence-electron chi connectivity index (χ1n) is 6.75. The Morgan fingerprint density at radius 3 is 2.84 bits per heavy atom. The van der Waals surface area contributed by atoms with Gasteiger partial charge in [0.15, 0.2) is 0 Å². The Kier molecular flexibility index (Phi) is 2.66. The molecule has 0 N–H and O–H groups in total. The predicted molar refractivity (Wildman–Crippen MR) is 75.1 cm³/mol. The minimum atomic E-state index is -0.358. The summed E-state index contributed by atoms with van der Waals surface area (Å²) in [5.74, 6) is -0.189. The van der Waals surface area contributed by atoms with Crippen LogP contribution in [0.5, 0.6) is 0 Å². The van der Waals surface area contributed by atoms with Gasteiger partial charge in [-0.1, -0.05) is 18.2 Å². The molecule has 1 aromatic heterocycles. The number of rotatable bonds is 1. The molecule has 0 spiro atoms. The minimum absolute atomic E-state index is 0.189. The van der Waals surface area contributed by atoms with Crippen molar-refractivity contribution in [2.45, 2.75) is 38.7 Å². The maximum atomic E-state index is 11.3. The monoisotopic (exact) mass is 257 g/mol. The molecule has 3 rings (SSSR count). The highest BCUT2D eigenvalue weighted by Gasteiger charge is 2.35. The molecule has 0 radical (unpaired) electrons. The summed E-state index contributed by atoms with van der Waals surface area (Å²) in [5.41, 5.74) is 3.63. The molecule has 1 aliphatic carbocycles. The smallest absolute Gasteiger partial charge is 0.303 e. The van der Waals surface area contributed by atoms with E-state index in [9.17, 15) is 4.79 Å². The molecule has 1 atom stereocenters. The number of aromatic nitrogens is 1. The molecule has 1 heterocycles. The number of aryl methyl sites for hydroxylation is 1. The van der Waals surface area contributed by atoms with Crippen LogP contribution >= 0.6 is 0 Å². The molecule has 1 aliphatic rings. The van der Waals surface area contributed by atoms with Gasteiger partial charge in [-0.05, 0) is 31.4 Å². The van der Waals surface area contributed by atoms with E-state index in [1.165, 1.54) is 29.1 Å². The molecule has 2 aromatic rings. The van der Waals surface area contributed by atoms with Crippen molar-refractivity contribution < 1.29 is 9.53 Å². The van der Waals surface area contributed by atoms with Crippen molar-refractivity contribution in [3.63, 3.8) is 0 Å². The summed E-state index contributed by atoms with van der Waals surface area (Å²) in [6.45, 7) is 3.53. The van der Waals surface area contributed by atoms with Gasteiger partial charge in [0, 0.05) is 37.0 Å². The van der Waals surface area contributed by atoms with Gasteiger partial charge in [0.2, 0.25) is 0 Å². The van der Waals surface area contributed by atoms with Crippen LogP contribution in [0.2, 0.25) is 0 Å². The van der Waals surface area contributed by atoms with Crippen LogP contribution in [-0.2, 0) is 29.4 Å². The minimum Gasteiger partial charge on any atom is -0.459 e. The fourth-order valence-corrected chi connectivity index (χ4v) is 3.32. The Hall–Kier alpha value is -1.77. The second-order valence-corrected chi connectivity index (χ2v) is 5.72. The van der Waals surface area contributed by atoms with Gasteiger partial charge in [0.1, 0.15) is 5.60 Å². The maximum absolute atomic E-state index is 11.3. The average molecular weight is 257 g/mol. The Balaban J connectivity index is 2.10. The maximum Gasteiger partial charge on any atom is 0.303 e. The van der Waals surface area contributed by atoms with Crippen LogP contribution in [0.4, 0.5) is 0 Å². The number of esters is 1. The number of ether oxygens (including phenoxy) is 1. The molecule has 1 unspecified atom stereocenters. The molecule has 0 bridgehead atoms. The molecule has 1 aromatic carbocycles. The molecule has 0 amide bonds. The van der Waals surface area contributed by atoms with Crippen LogP contribution in [0.15, 0.2) is 24.3 Å². The summed E-state index contributed by atoms with van der Waals surface area (Å²) in [6, 6.07) is 8.45. The van der Waals surface area contributed by atoms with Gasteiger partial charge in [-0.25, -0.2) is 0 Å². The summed E-state index contributed by atoms with van der Waals surface area (Å²) in [4.78, 5) is 11.3. The van der Waals surface area contributed by atoms with Gasteiger partial charge in [-0.15, -0.1) is 0 Å². The predicted octanol–water partition coefficient (Wildman–Crippen LogP) is 2.99. The van der Waals surface area contributed by atoms with Crippen LogP contribution in [0.3, 0.4) is 0 Å². The molecule has 0 aliphatic heterocycles. The number of nitrogens with zero attached hydrogens (tertiary/aromatic N) is 1. The second kappa shape index (κ2) is 4.12. The topological polar surface area (TPSA) is 31.2 Å². The van der Waals surface area contributed by atoms with E-state index >= 15 is 0 Å². The lowest BCUT2D eigenvalue weighted by atomic mass is 9.83. The third-order valence-electron chi connectivity index (χ3n) is 4.18. The molecule has 0 fully saturated rings. The van der Waals surface area contributed by atoms with Gasteiger partial charge >= 0.3 is 5.97 Å². The van der Waals surface area contributed by atoms with Crippen LogP contribution in [0.1, 0.15) is 31.5 Å². The van der Waals surface area contributed by atoms with Crippen molar-refractivity contribution in [2.75, 3.05) is 0 Å². The number of carbonyl (C=O) groups excluding carboxylic acids is 1. The number of carbonyl (C=O) groups is 1. The summed E-state index contributed by atoms with van der Waals surface area (Å²) in [5, 5.41) is 1.29. The largest absolute Gasteiger partial charge is 0.459 e. The lowest BCUT2D eigenvalue weighted by Crippen LogP contribution is -2.37. The first kappa shape index (κ1) is 12.3. The normalized spacial score (nSPS) is 22.3. The van der Waals surface area contributed by atoms with Crippen LogP contribution in [0.25, 0.3) is 10.9 Å². The summed E-state index contributed by atoms with van der Waals surface area (Å²) >= 11 is 0. The van der Waals surface area contributed by atoms with Crippen molar-refractivity contribution in [3.05, 3.63) is 35.5 Å². The first-order chi connectivity index (χ1) is 9.00. The van der Waals surface area contributed by atoms with Gasteiger partial charge in [0.05, 0.1) is 0 Å². The lowest BCUT2D eigenvalue weighted by molar-refractivity contribution is -0.156. The van der Waals surface area contributed by atoms with E-state index in [-0.39, 0.29) is 11.6 Å². The van der Waals surface area contributed by atoms with Gasteiger partial charge in [-0.3, -0.25) is 4.79 Å². The van der Waals surface area contributed by atoms with Gasteiger partial charge in [-0.2, -0.15) is 0 Å². The quantitative estimate of drug-likeness (QED) is 0.735. The number of benzene rings is 1. The second-order valence-electron chi connectivity index (χ2n) is 5.72. The van der Waals surface area contributed by atoms with Crippen molar-refractivity contribution in [3.8, 4) is 0 Å². The van der Waals surface area contributed by atoms with Crippen molar-refractivity contribution in [2.24, 2.45) is 7.05 Å². The van der Waals surface area contributed by atoms with Crippen molar-refractivity contribution in [1.29, 1.82) is 0 Å². The fraction of sp³-hybridized carbons (Fsp3) is 0.438. The third kappa shape index (κ3) is 1.93. The zero-order valence-corrected chi connectivity index (χ0v) is 11.7. The fourth-order valence-electron chi connectivity index (χ4n) is 3.32. The highest BCUT2D eigenvalue weighted by molar-refractivity contribution is 5.86. The molecule has 19 heavy (non-hydrogen) atoms. The molecule has 0 saturated heterocycles. The number of hydrogen-bond donors (Lipinski definition) is 0. The van der Waals surface area contributed by atoms with Crippen molar-refractivity contribution >= 4 is 16.9 Å². The summed E-state index contributed by atoms with van der Waals surface area (Å²) in [6.07, 6.45) is 2.66. The standard InChI is InChI=1S/C16H19NO2/c1-11(18)19-16(2)9-8-15-13(10-16)12-6-4-5-7-14(12)17(15)3/h4-7H,8-10H2,1-3H3. The number of para-hydroxylation sites is 1. The first-order valence-corrected chi connectivity index (χ1v) is 6.75. The van der Waals surface area contributed by atoms with Gasteiger partial charge < -0.3 is 9.30 Å². The van der Waals surface area contributed by atoms with Crippen LogP contribution in [-0.4, -0.2) is 16.1 Å². The molecule has 3 nitrogen and oxygen atoms in total. The highest BCUT2D eigenvalue weighted by atomic mass is 16.6. The summed E-state index contributed by atoms with van der Waals surface area (Å²) in [7, 11) is 2.12. The highest BCUT2D eigenvalue weighted by Crippen LogP contribution is 2.37. The molecular weight excluding hydrogens is 238 g/mol. The Labute approximate surface area is 113 Å². The molecule has 0 saturated carbocycles. The SMILES string of the molecule is CC(=O)OC1(C)CCc2c(c3ccccc3n2C)C1. The lowest BCUT2D eigenvalue weighted by Gasteiger charge is -2.33. The Bertz CT molecular complexity index is 656.